The summed E-state index contributed by atoms with van der Waals surface area (Å²) in [5.74, 6) is -0.104. The first-order valence-electron chi connectivity index (χ1n) is 13.8. The number of aryl methyl sites for hydroxylation is 1. The zero-order valence-corrected chi connectivity index (χ0v) is 25.1. The van der Waals surface area contributed by atoms with Gasteiger partial charge >= 0.3 is 6.03 Å². The number of rotatable bonds is 10. The third-order valence-electron chi connectivity index (χ3n) is 7.37. The van der Waals surface area contributed by atoms with Crippen LogP contribution in [0, 0.1) is 6.92 Å². The van der Waals surface area contributed by atoms with Crippen molar-refractivity contribution >= 4 is 35.3 Å². The van der Waals surface area contributed by atoms with E-state index < -0.39 is 34.9 Å². The molecular weight excluding hydrogens is 552 g/mol. The molecule has 42 heavy (non-hydrogen) atoms. The molecule has 4 amide bonds. The number of urea groups is 1. The molecule has 1 aliphatic rings. The van der Waals surface area contributed by atoms with Gasteiger partial charge in [-0.2, -0.15) is 0 Å². The Morgan fingerprint density at radius 1 is 1.05 bits per heavy atom. The summed E-state index contributed by atoms with van der Waals surface area (Å²) in [5.41, 5.74) is 3.37. The minimum absolute atomic E-state index is 0.202. The van der Waals surface area contributed by atoms with Gasteiger partial charge < -0.3 is 30.7 Å². The lowest BCUT2D eigenvalue weighted by molar-refractivity contribution is -0.147. The molecule has 222 valence electrons. The predicted octanol–water partition coefficient (Wildman–Crippen LogP) is 4.09. The number of aliphatic hydroxyl groups is 1. The molecule has 1 aliphatic heterocycles. The van der Waals surface area contributed by atoms with Crippen LogP contribution in [0.2, 0.25) is 0 Å². The van der Waals surface area contributed by atoms with Crippen molar-refractivity contribution < 1.29 is 24.2 Å². The van der Waals surface area contributed by atoms with Crippen LogP contribution in [0.5, 0.6) is 5.75 Å². The van der Waals surface area contributed by atoms with Gasteiger partial charge in [-0.25, -0.2) is 4.79 Å². The number of carbonyl (C=O) groups excluding carboxylic acids is 3. The number of hydrogen-bond donors (Lipinski definition) is 4. The lowest BCUT2D eigenvalue weighted by atomic mass is 9.97. The number of anilines is 1. The number of ether oxygens (including phenoxy) is 1. The van der Waals surface area contributed by atoms with E-state index in [-0.39, 0.29) is 18.2 Å². The molecule has 3 unspecified atom stereocenters. The molecule has 10 heteroatoms. The molecule has 1 heterocycles. The smallest absolute Gasteiger partial charge is 0.319 e. The largest absolute Gasteiger partial charge is 0.497 e. The summed E-state index contributed by atoms with van der Waals surface area (Å²) in [5, 5.41) is 19.9. The first kappa shape index (κ1) is 30.9. The second kappa shape index (κ2) is 13.8. The third-order valence-corrected chi connectivity index (χ3v) is 8.74. The molecule has 3 aromatic rings. The molecule has 0 aliphatic carbocycles. The highest BCUT2D eigenvalue weighted by Crippen LogP contribution is 2.40. The van der Waals surface area contributed by atoms with Crippen LogP contribution in [0.4, 0.5) is 10.5 Å². The monoisotopic (exact) mass is 590 g/mol. The lowest BCUT2D eigenvalue weighted by Gasteiger charge is -2.33. The van der Waals surface area contributed by atoms with Crippen LogP contribution in [0.15, 0.2) is 78.9 Å². The van der Waals surface area contributed by atoms with Gasteiger partial charge in [-0.15, -0.1) is 11.8 Å². The van der Waals surface area contributed by atoms with E-state index in [0.717, 1.165) is 16.7 Å². The van der Waals surface area contributed by atoms with E-state index >= 15 is 0 Å². The van der Waals surface area contributed by atoms with Gasteiger partial charge in [0.05, 0.1) is 19.0 Å². The van der Waals surface area contributed by atoms with Gasteiger partial charge in [0, 0.05) is 23.0 Å². The van der Waals surface area contributed by atoms with E-state index in [2.05, 4.69) is 16.0 Å². The molecule has 1 fully saturated rings. The predicted molar refractivity (Wildman–Crippen MR) is 165 cm³/mol. The van der Waals surface area contributed by atoms with Crippen LogP contribution >= 0.6 is 11.8 Å². The maximum Gasteiger partial charge on any atom is 0.319 e. The van der Waals surface area contributed by atoms with Crippen LogP contribution in [-0.2, 0) is 22.6 Å². The number of nitrogens with one attached hydrogen (secondary N) is 3. The Bertz CT molecular complexity index is 1400. The van der Waals surface area contributed by atoms with Gasteiger partial charge in [0.15, 0.2) is 6.10 Å². The molecule has 9 nitrogen and oxygen atoms in total. The molecule has 1 saturated heterocycles. The number of amides is 4. The van der Waals surface area contributed by atoms with Gasteiger partial charge in [0.25, 0.3) is 5.91 Å². The Labute approximate surface area is 251 Å². The number of carbonyl (C=O) groups is 3. The van der Waals surface area contributed by atoms with Gasteiger partial charge in [0.2, 0.25) is 5.91 Å². The maximum absolute atomic E-state index is 13.8. The van der Waals surface area contributed by atoms with E-state index in [1.165, 1.54) is 23.8 Å². The van der Waals surface area contributed by atoms with E-state index in [1.54, 1.807) is 24.3 Å². The van der Waals surface area contributed by atoms with Crippen LogP contribution in [0.3, 0.4) is 0 Å². The highest BCUT2D eigenvalue weighted by molar-refractivity contribution is 8.00. The molecule has 4 N–H and O–H groups in total. The summed E-state index contributed by atoms with van der Waals surface area (Å²) < 4.78 is 4.63. The molecule has 0 spiro atoms. The van der Waals surface area contributed by atoms with Crippen molar-refractivity contribution in [1.82, 2.24) is 15.5 Å². The van der Waals surface area contributed by atoms with E-state index in [0.29, 0.717) is 18.0 Å². The molecule has 3 atom stereocenters. The maximum atomic E-state index is 13.8. The van der Waals surface area contributed by atoms with Crippen molar-refractivity contribution in [2.75, 3.05) is 18.3 Å². The zero-order chi connectivity index (χ0) is 30.3. The van der Waals surface area contributed by atoms with Crippen molar-refractivity contribution in [2.45, 2.75) is 56.7 Å². The van der Waals surface area contributed by atoms with E-state index in [4.69, 9.17) is 4.74 Å². The van der Waals surface area contributed by atoms with Crippen molar-refractivity contribution in [3.05, 3.63) is 95.6 Å². The molecule has 0 saturated carbocycles. The van der Waals surface area contributed by atoms with Gasteiger partial charge in [-0.1, -0.05) is 60.7 Å². The fourth-order valence-electron chi connectivity index (χ4n) is 4.99. The normalized spacial score (nSPS) is 17.2. The quantitative estimate of drug-likeness (QED) is 0.282. The number of nitrogens with zero attached hydrogens (tertiary/aromatic N) is 1. The molecule has 4 rings (SSSR count). The minimum atomic E-state index is -1.59. The number of benzene rings is 3. The second-order valence-corrected chi connectivity index (χ2v) is 12.4. The third kappa shape index (κ3) is 7.63. The fraction of sp³-hybridized carbons (Fsp3) is 0.344. The van der Waals surface area contributed by atoms with Gasteiger partial charge in [-0.3, -0.25) is 9.59 Å². The summed E-state index contributed by atoms with van der Waals surface area (Å²) in [6.07, 6.45) is -1.39. The SMILES string of the molecule is COc1cccc(NC(=O)NC(Cc2ccccc2)C(O)C(=O)N2CSC(C)(C)C2C(=O)NCc2ccccc2C)c1. The first-order valence-corrected chi connectivity index (χ1v) is 14.8. The molecular formula is C32H38N4O5S. The number of methoxy groups -OCH3 is 1. The summed E-state index contributed by atoms with van der Waals surface area (Å²) >= 11 is 1.47. The first-order chi connectivity index (χ1) is 20.1. The number of hydrogen-bond acceptors (Lipinski definition) is 6. The standard InChI is InChI=1S/C32H38N4O5S/c1-21-11-8-9-14-23(21)19-33-29(38)28-32(2,3)42-20-36(28)30(39)27(37)26(17-22-12-6-5-7-13-22)35-31(40)34-24-15-10-16-25(18-24)41-4/h5-16,18,26-28,37H,17,19-20H2,1-4H3,(H,33,38)(H2,34,35,40). The molecule has 0 aromatic heterocycles. The fourth-order valence-corrected chi connectivity index (χ4v) is 6.13. The van der Waals surface area contributed by atoms with Crippen molar-refractivity contribution in [1.29, 1.82) is 0 Å². The second-order valence-electron chi connectivity index (χ2n) is 10.8. The summed E-state index contributed by atoms with van der Waals surface area (Å²) in [6, 6.07) is 21.6. The zero-order valence-electron chi connectivity index (χ0n) is 24.3. The summed E-state index contributed by atoms with van der Waals surface area (Å²) in [7, 11) is 1.53. The van der Waals surface area contributed by atoms with E-state index in [1.807, 2.05) is 75.4 Å². The minimum Gasteiger partial charge on any atom is -0.497 e. The Morgan fingerprint density at radius 2 is 1.76 bits per heavy atom. The van der Waals surface area contributed by atoms with Crippen molar-refractivity contribution in [2.24, 2.45) is 0 Å². The van der Waals surface area contributed by atoms with Gasteiger partial charge in [0.1, 0.15) is 11.8 Å². The van der Waals surface area contributed by atoms with Crippen LogP contribution in [0.1, 0.15) is 30.5 Å². The average Bonchev–Trinajstić information content (AvgIpc) is 3.30. The number of aliphatic hydroxyl groups excluding tert-OH is 1. The topological polar surface area (TPSA) is 120 Å². The Kier molecular flexibility index (Phi) is 10.1. The van der Waals surface area contributed by atoms with Gasteiger partial charge in [-0.05, 0) is 56.0 Å². The molecule has 0 bridgehead atoms. The Balaban J connectivity index is 1.51. The van der Waals surface area contributed by atoms with Crippen molar-refractivity contribution in [3.8, 4) is 5.75 Å². The van der Waals surface area contributed by atoms with E-state index in [9.17, 15) is 19.5 Å². The Morgan fingerprint density at radius 3 is 2.48 bits per heavy atom. The van der Waals surface area contributed by atoms with Crippen molar-refractivity contribution in [3.63, 3.8) is 0 Å². The average molecular weight is 591 g/mol. The highest BCUT2D eigenvalue weighted by Gasteiger charge is 2.49. The molecule has 0 radical (unpaired) electrons. The summed E-state index contributed by atoms with van der Waals surface area (Å²) in [4.78, 5) is 41.7. The Hall–Kier alpha value is -4.02. The molecule has 3 aromatic carbocycles. The van der Waals surface area contributed by atoms with Crippen LogP contribution in [-0.4, -0.2) is 63.8 Å². The van der Waals surface area contributed by atoms with Crippen LogP contribution < -0.4 is 20.7 Å². The lowest BCUT2D eigenvalue weighted by Crippen LogP contribution is -2.59. The van der Waals surface area contributed by atoms with Crippen LogP contribution in [0.25, 0.3) is 0 Å². The number of thioether (sulfide) groups is 1. The highest BCUT2D eigenvalue weighted by atomic mass is 32.2. The summed E-state index contributed by atoms with van der Waals surface area (Å²) in [6.45, 7) is 6.14.